The number of carbonyl (C=O) groups is 1. The SMILES string of the molecule is CN(C)c1cc(C2CCCN(CC(=O)N3CCCC3)C2)ccn1. The highest BCUT2D eigenvalue weighted by Crippen LogP contribution is 2.28. The summed E-state index contributed by atoms with van der Waals surface area (Å²) in [6.45, 7) is 4.51. The Morgan fingerprint density at radius 1 is 1.26 bits per heavy atom. The molecule has 3 rings (SSSR count). The fraction of sp³-hybridized carbons (Fsp3) is 0.667. The van der Waals surface area contributed by atoms with Crippen LogP contribution in [0.2, 0.25) is 0 Å². The number of likely N-dealkylation sites (tertiary alicyclic amines) is 2. The molecule has 0 spiro atoms. The van der Waals surface area contributed by atoms with Crippen molar-refractivity contribution in [1.29, 1.82) is 0 Å². The predicted octanol–water partition coefficient (Wildman–Crippen LogP) is 1.95. The smallest absolute Gasteiger partial charge is 0.236 e. The molecule has 1 aromatic rings. The van der Waals surface area contributed by atoms with Crippen molar-refractivity contribution in [3.05, 3.63) is 23.9 Å². The van der Waals surface area contributed by atoms with E-state index in [1.54, 1.807) is 0 Å². The molecule has 0 bridgehead atoms. The summed E-state index contributed by atoms with van der Waals surface area (Å²) >= 11 is 0. The van der Waals surface area contributed by atoms with Gasteiger partial charge in [-0.3, -0.25) is 9.69 Å². The maximum atomic E-state index is 12.4. The van der Waals surface area contributed by atoms with Gasteiger partial charge in [-0.1, -0.05) is 0 Å². The summed E-state index contributed by atoms with van der Waals surface area (Å²) < 4.78 is 0. The van der Waals surface area contributed by atoms with Crippen molar-refractivity contribution in [2.24, 2.45) is 0 Å². The van der Waals surface area contributed by atoms with E-state index < -0.39 is 0 Å². The lowest BCUT2D eigenvalue weighted by molar-refractivity contribution is -0.131. The molecule has 2 fully saturated rings. The number of hydrogen-bond acceptors (Lipinski definition) is 4. The number of piperidine rings is 1. The third-order valence-corrected chi connectivity index (χ3v) is 5.02. The first-order valence-corrected chi connectivity index (χ1v) is 8.77. The normalized spacial score (nSPS) is 22.3. The largest absolute Gasteiger partial charge is 0.363 e. The summed E-state index contributed by atoms with van der Waals surface area (Å²) in [5, 5.41) is 0. The number of anilines is 1. The van der Waals surface area contributed by atoms with Crippen LogP contribution in [0.4, 0.5) is 5.82 Å². The van der Waals surface area contributed by atoms with Crippen LogP contribution in [0.1, 0.15) is 37.2 Å². The van der Waals surface area contributed by atoms with E-state index in [1.165, 1.54) is 24.8 Å². The van der Waals surface area contributed by atoms with Crippen LogP contribution in [0.15, 0.2) is 18.3 Å². The van der Waals surface area contributed by atoms with Crippen molar-refractivity contribution in [2.75, 3.05) is 51.7 Å². The van der Waals surface area contributed by atoms with E-state index in [1.807, 2.05) is 30.1 Å². The van der Waals surface area contributed by atoms with Crippen molar-refractivity contribution in [3.8, 4) is 0 Å². The molecule has 23 heavy (non-hydrogen) atoms. The number of hydrogen-bond donors (Lipinski definition) is 0. The van der Waals surface area contributed by atoms with Crippen molar-refractivity contribution >= 4 is 11.7 Å². The molecule has 1 atom stereocenters. The fourth-order valence-corrected chi connectivity index (χ4v) is 3.66. The minimum absolute atomic E-state index is 0.312. The molecule has 0 N–H and O–H groups in total. The second-order valence-electron chi connectivity index (χ2n) is 7.00. The Hall–Kier alpha value is -1.62. The van der Waals surface area contributed by atoms with Gasteiger partial charge in [0.1, 0.15) is 5.82 Å². The lowest BCUT2D eigenvalue weighted by Gasteiger charge is -2.33. The summed E-state index contributed by atoms with van der Waals surface area (Å²) in [4.78, 5) is 23.2. The highest BCUT2D eigenvalue weighted by molar-refractivity contribution is 5.78. The number of carbonyl (C=O) groups excluding carboxylic acids is 1. The van der Waals surface area contributed by atoms with Crippen LogP contribution in [0.3, 0.4) is 0 Å². The van der Waals surface area contributed by atoms with E-state index in [4.69, 9.17) is 0 Å². The van der Waals surface area contributed by atoms with E-state index >= 15 is 0 Å². The summed E-state index contributed by atoms with van der Waals surface area (Å²) in [6, 6.07) is 4.32. The van der Waals surface area contributed by atoms with Gasteiger partial charge >= 0.3 is 0 Å². The Morgan fingerprint density at radius 3 is 2.78 bits per heavy atom. The molecular weight excluding hydrogens is 288 g/mol. The third-order valence-electron chi connectivity index (χ3n) is 5.02. The minimum atomic E-state index is 0.312. The average Bonchev–Trinajstić information content (AvgIpc) is 3.10. The van der Waals surface area contributed by atoms with Gasteiger partial charge in [0.05, 0.1) is 6.54 Å². The molecule has 5 nitrogen and oxygen atoms in total. The molecular formula is C18H28N4O. The van der Waals surface area contributed by atoms with Crippen LogP contribution in [0.5, 0.6) is 0 Å². The molecule has 0 saturated carbocycles. The fourth-order valence-electron chi connectivity index (χ4n) is 3.66. The quantitative estimate of drug-likeness (QED) is 0.851. The van der Waals surface area contributed by atoms with Crippen molar-refractivity contribution in [2.45, 2.75) is 31.6 Å². The molecule has 0 aliphatic carbocycles. The highest BCUT2D eigenvalue weighted by atomic mass is 16.2. The zero-order chi connectivity index (χ0) is 16.2. The van der Waals surface area contributed by atoms with Gasteiger partial charge < -0.3 is 9.80 Å². The van der Waals surface area contributed by atoms with Gasteiger partial charge in [0.15, 0.2) is 0 Å². The first-order chi connectivity index (χ1) is 11.1. The Morgan fingerprint density at radius 2 is 2.04 bits per heavy atom. The third kappa shape index (κ3) is 4.02. The van der Waals surface area contributed by atoms with E-state index in [0.717, 1.165) is 38.4 Å². The Balaban J connectivity index is 1.61. The van der Waals surface area contributed by atoms with Crippen molar-refractivity contribution in [3.63, 3.8) is 0 Å². The minimum Gasteiger partial charge on any atom is -0.363 e. The lowest BCUT2D eigenvalue weighted by atomic mass is 9.91. The second-order valence-corrected chi connectivity index (χ2v) is 7.00. The van der Waals surface area contributed by atoms with Crippen LogP contribution in [0, 0.1) is 0 Å². The van der Waals surface area contributed by atoms with Crippen LogP contribution < -0.4 is 4.90 Å². The van der Waals surface area contributed by atoms with Gasteiger partial charge in [0.2, 0.25) is 5.91 Å². The molecule has 2 aliphatic heterocycles. The zero-order valence-electron chi connectivity index (χ0n) is 14.4. The number of aromatic nitrogens is 1. The van der Waals surface area contributed by atoms with Gasteiger partial charge in [-0.25, -0.2) is 4.98 Å². The monoisotopic (exact) mass is 316 g/mol. The first kappa shape index (κ1) is 16.2. The number of amides is 1. The summed E-state index contributed by atoms with van der Waals surface area (Å²) in [5.41, 5.74) is 1.35. The molecule has 0 aromatic carbocycles. The van der Waals surface area contributed by atoms with Gasteiger partial charge in [-0.2, -0.15) is 0 Å². The lowest BCUT2D eigenvalue weighted by Crippen LogP contribution is -2.43. The predicted molar refractivity (Wildman–Crippen MR) is 92.8 cm³/mol. The molecule has 126 valence electrons. The Bertz CT molecular complexity index is 540. The van der Waals surface area contributed by atoms with Crippen LogP contribution in [-0.4, -0.2) is 67.5 Å². The van der Waals surface area contributed by atoms with Gasteiger partial charge in [0, 0.05) is 39.9 Å². The van der Waals surface area contributed by atoms with Crippen LogP contribution in [-0.2, 0) is 4.79 Å². The first-order valence-electron chi connectivity index (χ1n) is 8.77. The maximum Gasteiger partial charge on any atom is 0.236 e. The molecule has 0 radical (unpaired) electrons. The number of pyridine rings is 1. The average molecular weight is 316 g/mol. The van der Waals surface area contributed by atoms with Crippen LogP contribution in [0.25, 0.3) is 0 Å². The molecule has 3 heterocycles. The number of nitrogens with zero attached hydrogens (tertiary/aromatic N) is 4. The van der Waals surface area contributed by atoms with Gasteiger partial charge in [0.25, 0.3) is 0 Å². The summed E-state index contributed by atoms with van der Waals surface area (Å²) in [6.07, 6.45) is 6.60. The second kappa shape index (κ2) is 7.30. The Kier molecular flexibility index (Phi) is 5.16. The number of rotatable bonds is 4. The van der Waals surface area contributed by atoms with E-state index in [-0.39, 0.29) is 0 Å². The molecule has 1 unspecified atom stereocenters. The summed E-state index contributed by atoms with van der Waals surface area (Å²) in [7, 11) is 4.04. The molecule has 2 saturated heterocycles. The maximum absolute atomic E-state index is 12.4. The summed E-state index contributed by atoms with van der Waals surface area (Å²) in [5.74, 6) is 1.83. The van der Waals surface area contributed by atoms with Gasteiger partial charge in [-0.05, 0) is 55.8 Å². The van der Waals surface area contributed by atoms with E-state index in [9.17, 15) is 4.79 Å². The van der Waals surface area contributed by atoms with E-state index in [2.05, 4.69) is 22.0 Å². The molecule has 5 heteroatoms. The van der Waals surface area contributed by atoms with Crippen molar-refractivity contribution in [1.82, 2.24) is 14.8 Å². The highest BCUT2D eigenvalue weighted by Gasteiger charge is 2.26. The Labute approximate surface area is 139 Å². The van der Waals surface area contributed by atoms with Gasteiger partial charge in [-0.15, -0.1) is 0 Å². The molecule has 2 aliphatic rings. The van der Waals surface area contributed by atoms with Crippen LogP contribution >= 0.6 is 0 Å². The zero-order valence-corrected chi connectivity index (χ0v) is 14.4. The topological polar surface area (TPSA) is 39.7 Å². The standard InChI is InChI=1S/C18H28N4O/c1-20(2)17-12-15(7-8-19-17)16-6-5-9-21(13-16)14-18(23)22-10-3-4-11-22/h7-8,12,16H,3-6,9-11,13-14H2,1-2H3. The molecule has 1 amide bonds. The van der Waals surface area contributed by atoms with Crippen molar-refractivity contribution < 1.29 is 4.79 Å². The van der Waals surface area contributed by atoms with E-state index in [0.29, 0.717) is 18.4 Å². The molecule has 1 aromatic heterocycles.